The minimum absolute atomic E-state index is 0.0308. The lowest BCUT2D eigenvalue weighted by molar-refractivity contribution is -0.142. The molecule has 2 rings (SSSR count). The molecular formula is C19H25Cl2N3O2. The van der Waals surface area contributed by atoms with E-state index in [1.54, 1.807) is 13.0 Å². The van der Waals surface area contributed by atoms with Crippen LogP contribution in [0.3, 0.4) is 0 Å². The van der Waals surface area contributed by atoms with Gasteiger partial charge in [0.15, 0.2) is 0 Å². The summed E-state index contributed by atoms with van der Waals surface area (Å²) in [7, 11) is 0. The summed E-state index contributed by atoms with van der Waals surface area (Å²) in [6.45, 7) is 3.40. The standard InChI is InChI=1S/C19H25Cl2N3O2/c1-2-26-19(25)8-9-23-12-18(24-22)14-5-3-4-13(10-14)16-7-6-15(20)11-17(16)21/h3-7,11,14,18,23-24H,2,8-10,12,22H2,1H3. The lowest BCUT2D eigenvalue weighted by Gasteiger charge is -2.27. The minimum atomic E-state index is -0.197. The van der Waals surface area contributed by atoms with E-state index in [0.29, 0.717) is 36.2 Å². The van der Waals surface area contributed by atoms with Gasteiger partial charge in [-0.25, -0.2) is 0 Å². The van der Waals surface area contributed by atoms with Gasteiger partial charge in [0.25, 0.3) is 0 Å². The van der Waals surface area contributed by atoms with Crippen molar-refractivity contribution in [3.63, 3.8) is 0 Å². The Hall–Kier alpha value is -1.37. The first kappa shape index (κ1) is 20.9. The second-order valence-electron chi connectivity index (χ2n) is 6.10. The van der Waals surface area contributed by atoms with Gasteiger partial charge in [-0.2, -0.15) is 0 Å². The van der Waals surface area contributed by atoms with Gasteiger partial charge in [0.1, 0.15) is 0 Å². The van der Waals surface area contributed by atoms with Gasteiger partial charge in [0.05, 0.1) is 13.0 Å². The van der Waals surface area contributed by atoms with Crippen LogP contribution in [0.15, 0.2) is 36.4 Å². The smallest absolute Gasteiger partial charge is 0.307 e. The number of nitrogens with two attached hydrogens (primary N) is 1. The molecule has 0 radical (unpaired) electrons. The first-order valence-electron chi connectivity index (χ1n) is 8.70. The van der Waals surface area contributed by atoms with Crippen LogP contribution in [0.5, 0.6) is 0 Å². The fourth-order valence-electron chi connectivity index (χ4n) is 2.95. The van der Waals surface area contributed by atoms with Crippen molar-refractivity contribution in [2.24, 2.45) is 11.8 Å². The van der Waals surface area contributed by atoms with Crippen molar-refractivity contribution in [3.05, 3.63) is 52.0 Å². The normalized spacial score (nSPS) is 17.7. The Morgan fingerprint density at radius 3 is 2.92 bits per heavy atom. The van der Waals surface area contributed by atoms with E-state index in [4.69, 9.17) is 33.8 Å². The molecule has 26 heavy (non-hydrogen) atoms. The van der Waals surface area contributed by atoms with Crippen LogP contribution in [-0.4, -0.2) is 31.7 Å². The number of hydrogen-bond acceptors (Lipinski definition) is 5. The number of rotatable bonds is 9. The highest BCUT2D eigenvalue weighted by atomic mass is 35.5. The molecule has 0 aromatic heterocycles. The number of ether oxygens (including phenoxy) is 1. The van der Waals surface area contributed by atoms with Crippen LogP contribution in [0.4, 0.5) is 0 Å². The summed E-state index contributed by atoms with van der Waals surface area (Å²) in [4.78, 5) is 11.4. The molecule has 2 unspecified atom stereocenters. The summed E-state index contributed by atoms with van der Waals surface area (Å²) in [5, 5.41) is 4.52. The average molecular weight is 398 g/mol. The third-order valence-corrected chi connectivity index (χ3v) is 4.84. The maximum absolute atomic E-state index is 11.4. The molecule has 5 nitrogen and oxygen atoms in total. The third-order valence-electron chi connectivity index (χ3n) is 4.29. The van der Waals surface area contributed by atoms with E-state index >= 15 is 0 Å². The molecule has 0 saturated heterocycles. The summed E-state index contributed by atoms with van der Waals surface area (Å²) < 4.78 is 4.91. The Balaban J connectivity index is 1.90. The van der Waals surface area contributed by atoms with Crippen molar-refractivity contribution in [1.29, 1.82) is 0 Å². The Morgan fingerprint density at radius 1 is 1.42 bits per heavy atom. The fourth-order valence-corrected chi connectivity index (χ4v) is 3.48. The molecule has 2 atom stereocenters. The molecule has 7 heteroatoms. The van der Waals surface area contributed by atoms with Crippen molar-refractivity contribution in [1.82, 2.24) is 10.7 Å². The van der Waals surface area contributed by atoms with Gasteiger partial charge < -0.3 is 10.1 Å². The van der Waals surface area contributed by atoms with E-state index in [0.717, 1.165) is 17.6 Å². The van der Waals surface area contributed by atoms with Crippen LogP contribution >= 0.6 is 23.2 Å². The minimum Gasteiger partial charge on any atom is -0.466 e. The fraction of sp³-hybridized carbons (Fsp3) is 0.421. The molecule has 1 aromatic carbocycles. The van der Waals surface area contributed by atoms with E-state index in [1.165, 1.54) is 0 Å². The van der Waals surface area contributed by atoms with Crippen LogP contribution < -0.4 is 16.6 Å². The molecule has 1 aliphatic rings. The average Bonchev–Trinajstić information content (AvgIpc) is 2.62. The molecule has 1 aliphatic carbocycles. The van der Waals surface area contributed by atoms with Gasteiger partial charge in [0.2, 0.25) is 0 Å². The van der Waals surface area contributed by atoms with E-state index in [2.05, 4.69) is 22.9 Å². The number of allylic oxidation sites excluding steroid dienone is 3. The predicted octanol–water partition coefficient (Wildman–Crippen LogP) is 3.33. The number of halogens is 2. The van der Waals surface area contributed by atoms with Gasteiger partial charge in [0, 0.05) is 29.2 Å². The third kappa shape index (κ3) is 6.11. The van der Waals surface area contributed by atoms with Gasteiger partial charge in [-0.1, -0.05) is 47.5 Å². The van der Waals surface area contributed by atoms with Crippen LogP contribution in [0.25, 0.3) is 5.57 Å². The van der Waals surface area contributed by atoms with E-state index in [1.807, 2.05) is 18.2 Å². The van der Waals surface area contributed by atoms with Gasteiger partial charge in [-0.15, -0.1) is 0 Å². The number of hydrazine groups is 1. The molecule has 0 saturated carbocycles. The number of esters is 1. The van der Waals surface area contributed by atoms with Crippen molar-refractivity contribution in [2.45, 2.75) is 25.8 Å². The predicted molar refractivity (Wildman–Crippen MR) is 107 cm³/mol. The maximum Gasteiger partial charge on any atom is 0.307 e. The van der Waals surface area contributed by atoms with Crippen molar-refractivity contribution >= 4 is 34.7 Å². The monoisotopic (exact) mass is 397 g/mol. The summed E-state index contributed by atoms with van der Waals surface area (Å²) in [5.41, 5.74) is 5.00. The lowest BCUT2D eigenvalue weighted by atomic mass is 9.85. The molecule has 1 aromatic rings. The number of carbonyl (C=O) groups excluding carboxylic acids is 1. The van der Waals surface area contributed by atoms with Crippen LogP contribution in [-0.2, 0) is 9.53 Å². The number of carbonyl (C=O) groups is 1. The highest BCUT2D eigenvalue weighted by Gasteiger charge is 2.22. The molecule has 0 amide bonds. The van der Waals surface area contributed by atoms with Crippen molar-refractivity contribution in [2.75, 3.05) is 19.7 Å². The molecular weight excluding hydrogens is 373 g/mol. The maximum atomic E-state index is 11.4. The molecule has 0 aliphatic heterocycles. The first-order valence-corrected chi connectivity index (χ1v) is 9.46. The Bertz CT molecular complexity index is 677. The van der Waals surface area contributed by atoms with Crippen molar-refractivity contribution in [3.8, 4) is 0 Å². The van der Waals surface area contributed by atoms with Gasteiger partial charge in [-0.05, 0) is 42.5 Å². The second kappa shape index (κ2) is 10.7. The van der Waals surface area contributed by atoms with E-state index in [-0.39, 0.29) is 17.9 Å². The topological polar surface area (TPSA) is 76.4 Å². The largest absolute Gasteiger partial charge is 0.466 e. The number of hydrogen-bond donors (Lipinski definition) is 3. The van der Waals surface area contributed by atoms with E-state index < -0.39 is 0 Å². The summed E-state index contributed by atoms with van der Waals surface area (Å²) >= 11 is 12.3. The SMILES string of the molecule is CCOC(=O)CCNCC(NN)C1C=CC=C(c2ccc(Cl)cc2Cl)C1. The molecule has 142 valence electrons. The summed E-state index contributed by atoms with van der Waals surface area (Å²) in [6.07, 6.45) is 7.37. The molecule has 0 heterocycles. The number of benzene rings is 1. The quantitative estimate of drug-likeness (QED) is 0.258. The van der Waals surface area contributed by atoms with Crippen molar-refractivity contribution < 1.29 is 9.53 Å². The zero-order valence-corrected chi connectivity index (χ0v) is 16.3. The zero-order valence-electron chi connectivity index (χ0n) is 14.8. The molecule has 0 bridgehead atoms. The Morgan fingerprint density at radius 2 is 2.23 bits per heavy atom. The second-order valence-corrected chi connectivity index (χ2v) is 6.94. The highest BCUT2D eigenvalue weighted by molar-refractivity contribution is 6.35. The van der Waals surface area contributed by atoms with Crippen LogP contribution in [0.1, 0.15) is 25.3 Å². The zero-order chi connectivity index (χ0) is 18.9. The Kier molecular flexibility index (Phi) is 8.62. The van der Waals surface area contributed by atoms with Crippen LogP contribution in [0, 0.1) is 5.92 Å². The van der Waals surface area contributed by atoms with Crippen LogP contribution in [0.2, 0.25) is 10.0 Å². The molecule has 0 spiro atoms. The summed E-state index contributed by atoms with van der Waals surface area (Å²) in [6, 6.07) is 5.56. The highest BCUT2D eigenvalue weighted by Crippen LogP contribution is 2.34. The lowest BCUT2D eigenvalue weighted by Crippen LogP contribution is -2.47. The van der Waals surface area contributed by atoms with E-state index in [9.17, 15) is 4.79 Å². The molecule has 0 fully saturated rings. The van der Waals surface area contributed by atoms with Gasteiger partial charge >= 0.3 is 5.97 Å². The molecule has 4 N–H and O–H groups in total. The first-order chi connectivity index (χ1) is 12.5. The van der Waals surface area contributed by atoms with Gasteiger partial charge in [-0.3, -0.25) is 16.1 Å². The summed E-state index contributed by atoms with van der Waals surface area (Å²) in [5.74, 6) is 5.76. The Labute approximate surface area is 164 Å². The number of nitrogens with one attached hydrogen (secondary N) is 2.